The molecule has 1 fully saturated rings. The Bertz CT molecular complexity index is 749. The minimum absolute atomic E-state index is 0.130. The Morgan fingerprint density at radius 2 is 2.00 bits per heavy atom. The molecule has 1 aliphatic rings. The maximum atomic E-state index is 13.4. The molecule has 0 aliphatic carbocycles. The highest BCUT2D eigenvalue weighted by Crippen LogP contribution is 2.15. The maximum Gasteiger partial charge on any atom is 0.273 e. The molecule has 2 heterocycles. The predicted octanol–water partition coefficient (Wildman–Crippen LogP) is 1.68. The molecule has 1 saturated heterocycles. The van der Waals surface area contributed by atoms with E-state index in [0.29, 0.717) is 23.3 Å². The first kappa shape index (κ1) is 15.1. The summed E-state index contributed by atoms with van der Waals surface area (Å²) in [5.41, 5.74) is 1.46. The number of hydrogen-bond acceptors (Lipinski definition) is 4. The average molecular weight is 305 g/mol. The number of morpholine rings is 1. The Morgan fingerprint density at radius 1 is 1.32 bits per heavy atom. The molecule has 5 nitrogen and oxygen atoms in total. The second-order valence-electron chi connectivity index (χ2n) is 6.01. The molecule has 2 aromatic rings. The summed E-state index contributed by atoms with van der Waals surface area (Å²) in [7, 11) is 1.69. The smallest absolute Gasteiger partial charge is 0.273 e. The van der Waals surface area contributed by atoms with Crippen LogP contribution in [0.2, 0.25) is 0 Å². The van der Waals surface area contributed by atoms with Crippen LogP contribution in [-0.2, 0) is 18.3 Å². The standard InChI is InChI=1S/C16H20FN3O2/c1-10-7-20(8-11(2)22-10)9-14-16(21)19(3)15-5-4-12(17)6-13(15)18-14/h4-6,10-11H,7-9H2,1-3H3/t10-,11-/m1/s1. The van der Waals surface area contributed by atoms with E-state index in [9.17, 15) is 9.18 Å². The summed E-state index contributed by atoms with van der Waals surface area (Å²) >= 11 is 0. The highest BCUT2D eigenvalue weighted by Gasteiger charge is 2.23. The van der Waals surface area contributed by atoms with E-state index >= 15 is 0 Å². The largest absolute Gasteiger partial charge is 0.373 e. The zero-order chi connectivity index (χ0) is 15.9. The van der Waals surface area contributed by atoms with Gasteiger partial charge in [-0.1, -0.05) is 0 Å². The Morgan fingerprint density at radius 3 is 2.68 bits per heavy atom. The highest BCUT2D eigenvalue weighted by molar-refractivity contribution is 5.74. The zero-order valence-corrected chi connectivity index (χ0v) is 13.0. The lowest BCUT2D eigenvalue weighted by Gasteiger charge is -2.34. The fourth-order valence-electron chi connectivity index (χ4n) is 3.09. The molecule has 6 heteroatoms. The van der Waals surface area contributed by atoms with Crippen molar-refractivity contribution < 1.29 is 9.13 Å². The van der Waals surface area contributed by atoms with Crippen LogP contribution in [0.1, 0.15) is 19.5 Å². The van der Waals surface area contributed by atoms with Crippen molar-refractivity contribution in [3.8, 4) is 0 Å². The van der Waals surface area contributed by atoms with Gasteiger partial charge in [-0.05, 0) is 26.0 Å². The van der Waals surface area contributed by atoms with Gasteiger partial charge in [-0.25, -0.2) is 9.37 Å². The van der Waals surface area contributed by atoms with Crippen molar-refractivity contribution in [3.63, 3.8) is 0 Å². The molecule has 1 aromatic carbocycles. The number of halogens is 1. The summed E-state index contributed by atoms with van der Waals surface area (Å²) in [6, 6.07) is 4.29. The fraction of sp³-hybridized carbons (Fsp3) is 0.500. The van der Waals surface area contributed by atoms with Crippen molar-refractivity contribution in [1.29, 1.82) is 0 Å². The van der Waals surface area contributed by atoms with Crippen molar-refractivity contribution in [2.45, 2.75) is 32.6 Å². The maximum absolute atomic E-state index is 13.4. The van der Waals surface area contributed by atoms with E-state index in [0.717, 1.165) is 13.1 Å². The number of ether oxygens (including phenoxy) is 1. The fourth-order valence-corrected chi connectivity index (χ4v) is 3.09. The van der Waals surface area contributed by atoms with E-state index in [1.807, 2.05) is 13.8 Å². The number of aromatic nitrogens is 2. The molecule has 0 unspecified atom stereocenters. The van der Waals surface area contributed by atoms with Crippen LogP contribution in [0.25, 0.3) is 11.0 Å². The second-order valence-corrected chi connectivity index (χ2v) is 6.01. The molecule has 0 spiro atoms. The van der Waals surface area contributed by atoms with Crippen molar-refractivity contribution in [2.24, 2.45) is 7.05 Å². The van der Waals surface area contributed by atoms with Crippen LogP contribution in [0.5, 0.6) is 0 Å². The topological polar surface area (TPSA) is 47.4 Å². The summed E-state index contributed by atoms with van der Waals surface area (Å²) in [6.45, 7) is 6.01. The van der Waals surface area contributed by atoms with Gasteiger partial charge < -0.3 is 9.30 Å². The molecular formula is C16H20FN3O2. The number of hydrogen-bond donors (Lipinski definition) is 0. The Labute approximate surface area is 128 Å². The first-order valence-electron chi connectivity index (χ1n) is 7.47. The van der Waals surface area contributed by atoms with Gasteiger partial charge in [0.25, 0.3) is 5.56 Å². The highest BCUT2D eigenvalue weighted by atomic mass is 19.1. The van der Waals surface area contributed by atoms with Crippen LogP contribution in [0, 0.1) is 5.82 Å². The molecule has 0 radical (unpaired) electrons. The number of benzene rings is 1. The molecular weight excluding hydrogens is 285 g/mol. The van der Waals surface area contributed by atoms with Gasteiger partial charge in [-0.3, -0.25) is 9.69 Å². The van der Waals surface area contributed by atoms with Gasteiger partial charge in [0.2, 0.25) is 0 Å². The molecule has 0 saturated carbocycles. The Hall–Kier alpha value is -1.79. The molecule has 0 amide bonds. The number of rotatable bonds is 2. The van der Waals surface area contributed by atoms with E-state index in [-0.39, 0.29) is 23.6 Å². The summed E-state index contributed by atoms with van der Waals surface area (Å²) < 4.78 is 20.6. The van der Waals surface area contributed by atoms with Crippen LogP contribution in [0.3, 0.4) is 0 Å². The van der Waals surface area contributed by atoms with Crippen LogP contribution in [0.15, 0.2) is 23.0 Å². The molecule has 1 aliphatic heterocycles. The minimum Gasteiger partial charge on any atom is -0.373 e. The minimum atomic E-state index is -0.349. The van der Waals surface area contributed by atoms with Gasteiger partial charge in [0.15, 0.2) is 0 Å². The van der Waals surface area contributed by atoms with Gasteiger partial charge in [-0.2, -0.15) is 0 Å². The molecule has 2 atom stereocenters. The first-order chi connectivity index (χ1) is 10.4. The summed E-state index contributed by atoms with van der Waals surface area (Å²) in [5, 5.41) is 0. The molecule has 1 aromatic heterocycles. The van der Waals surface area contributed by atoms with Gasteiger partial charge >= 0.3 is 0 Å². The number of aryl methyl sites for hydroxylation is 1. The van der Waals surface area contributed by atoms with E-state index in [2.05, 4.69) is 9.88 Å². The molecule has 0 N–H and O–H groups in total. The molecule has 118 valence electrons. The van der Waals surface area contributed by atoms with Gasteiger partial charge in [0, 0.05) is 32.7 Å². The predicted molar refractivity (Wildman–Crippen MR) is 82.2 cm³/mol. The zero-order valence-electron chi connectivity index (χ0n) is 13.0. The normalized spacial score (nSPS) is 23.1. The van der Waals surface area contributed by atoms with Crippen molar-refractivity contribution in [2.75, 3.05) is 13.1 Å². The second kappa shape index (κ2) is 5.78. The summed E-state index contributed by atoms with van der Waals surface area (Å²) in [6.07, 6.45) is 0.260. The average Bonchev–Trinajstić information content (AvgIpc) is 2.43. The number of nitrogens with zero attached hydrogens (tertiary/aromatic N) is 3. The Kier molecular flexibility index (Phi) is 3.97. The van der Waals surface area contributed by atoms with Crippen molar-refractivity contribution in [3.05, 3.63) is 40.1 Å². The molecule has 22 heavy (non-hydrogen) atoms. The van der Waals surface area contributed by atoms with Crippen molar-refractivity contribution >= 4 is 11.0 Å². The lowest BCUT2D eigenvalue weighted by Crippen LogP contribution is -2.45. The van der Waals surface area contributed by atoms with Gasteiger partial charge in [0.05, 0.1) is 23.2 Å². The van der Waals surface area contributed by atoms with Crippen LogP contribution in [0.4, 0.5) is 4.39 Å². The van der Waals surface area contributed by atoms with Gasteiger partial charge in [-0.15, -0.1) is 0 Å². The number of fused-ring (bicyclic) bond motifs is 1. The van der Waals surface area contributed by atoms with E-state index in [1.165, 1.54) is 16.7 Å². The third-order valence-corrected chi connectivity index (χ3v) is 3.97. The quantitative estimate of drug-likeness (QED) is 0.847. The van der Waals surface area contributed by atoms with E-state index in [4.69, 9.17) is 4.74 Å². The third kappa shape index (κ3) is 2.89. The van der Waals surface area contributed by atoms with Gasteiger partial charge in [0.1, 0.15) is 11.5 Å². The van der Waals surface area contributed by atoms with E-state index < -0.39 is 0 Å². The molecule has 0 bridgehead atoms. The SMILES string of the molecule is C[C@@H]1CN(Cc2nc3cc(F)ccc3n(C)c2=O)C[C@@H](C)O1. The van der Waals surface area contributed by atoms with Crippen LogP contribution < -0.4 is 5.56 Å². The molecule has 3 rings (SSSR count). The summed E-state index contributed by atoms with van der Waals surface area (Å²) in [4.78, 5) is 19.0. The van der Waals surface area contributed by atoms with Crippen LogP contribution in [-0.4, -0.2) is 39.7 Å². The lowest BCUT2D eigenvalue weighted by molar-refractivity contribution is -0.0708. The first-order valence-corrected chi connectivity index (χ1v) is 7.47. The van der Waals surface area contributed by atoms with Crippen molar-refractivity contribution in [1.82, 2.24) is 14.5 Å². The van der Waals surface area contributed by atoms with Crippen LogP contribution >= 0.6 is 0 Å². The lowest BCUT2D eigenvalue weighted by atomic mass is 10.2. The third-order valence-electron chi connectivity index (χ3n) is 3.97. The monoisotopic (exact) mass is 305 g/mol. The summed E-state index contributed by atoms with van der Waals surface area (Å²) in [5.74, 6) is -0.349. The Balaban J connectivity index is 1.96. The van der Waals surface area contributed by atoms with E-state index in [1.54, 1.807) is 13.1 Å².